The van der Waals surface area contributed by atoms with E-state index in [-0.39, 0.29) is 5.82 Å². The topological polar surface area (TPSA) is 0 Å². The van der Waals surface area contributed by atoms with Crippen LogP contribution in [0.4, 0.5) is 4.39 Å². The van der Waals surface area contributed by atoms with Crippen molar-refractivity contribution in [1.82, 2.24) is 0 Å². The molecule has 3 aromatic rings. The van der Waals surface area contributed by atoms with Gasteiger partial charge in [0.25, 0.3) is 0 Å². The predicted octanol–water partition coefficient (Wildman–Crippen LogP) is 9.97. The average molecular weight is 529 g/mol. The van der Waals surface area contributed by atoms with E-state index in [4.69, 9.17) is 0 Å². The van der Waals surface area contributed by atoms with Crippen molar-refractivity contribution < 1.29 is 4.39 Å². The molecular weight excluding hydrogens is 492 g/mol. The number of thioether (sulfide) groups is 2. The summed E-state index contributed by atoms with van der Waals surface area (Å²) in [6.45, 7) is 4.47. The molecule has 37 heavy (non-hydrogen) atoms. The molecule has 3 rings (SSSR count). The zero-order chi connectivity index (χ0) is 26.1. The molecular formula is C34H37FS2. The van der Waals surface area contributed by atoms with Crippen molar-refractivity contribution in [2.45, 2.75) is 75.0 Å². The van der Waals surface area contributed by atoms with Crippen molar-refractivity contribution in [3.63, 3.8) is 0 Å². The molecule has 3 heteroatoms. The van der Waals surface area contributed by atoms with Crippen LogP contribution in [0.2, 0.25) is 0 Å². The third-order valence-corrected chi connectivity index (χ3v) is 8.10. The van der Waals surface area contributed by atoms with E-state index in [2.05, 4.69) is 61.8 Å². The quantitative estimate of drug-likeness (QED) is 0.130. The summed E-state index contributed by atoms with van der Waals surface area (Å²) >= 11 is 3.78. The normalized spacial score (nSPS) is 10.4. The van der Waals surface area contributed by atoms with Gasteiger partial charge in [-0.05, 0) is 91.1 Å². The Bertz CT molecular complexity index is 1210. The Balaban J connectivity index is 1.52. The number of benzene rings is 3. The highest BCUT2D eigenvalue weighted by Crippen LogP contribution is 2.21. The van der Waals surface area contributed by atoms with Gasteiger partial charge in [-0.1, -0.05) is 76.1 Å². The van der Waals surface area contributed by atoms with Gasteiger partial charge < -0.3 is 0 Å². The first-order chi connectivity index (χ1) is 18.2. The molecule has 0 aromatic heterocycles. The van der Waals surface area contributed by atoms with E-state index in [0.29, 0.717) is 11.1 Å². The average Bonchev–Trinajstić information content (AvgIpc) is 2.92. The van der Waals surface area contributed by atoms with Gasteiger partial charge in [0.1, 0.15) is 5.82 Å². The fraction of sp³-hybridized carbons (Fsp3) is 0.353. The van der Waals surface area contributed by atoms with Crippen molar-refractivity contribution in [2.75, 3.05) is 11.5 Å². The molecule has 0 saturated heterocycles. The molecule has 0 aliphatic rings. The van der Waals surface area contributed by atoms with Crippen molar-refractivity contribution in [2.24, 2.45) is 0 Å². The van der Waals surface area contributed by atoms with Gasteiger partial charge >= 0.3 is 0 Å². The van der Waals surface area contributed by atoms with E-state index in [1.165, 1.54) is 67.2 Å². The Morgan fingerprint density at radius 2 is 1.00 bits per heavy atom. The monoisotopic (exact) mass is 528 g/mol. The minimum atomic E-state index is -0.339. The van der Waals surface area contributed by atoms with Crippen LogP contribution in [-0.4, -0.2) is 11.5 Å². The molecule has 0 radical (unpaired) electrons. The first-order valence-corrected chi connectivity index (χ1v) is 15.4. The van der Waals surface area contributed by atoms with Crippen LogP contribution in [0.15, 0.2) is 76.5 Å². The lowest BCUT2D eigenvalue weighted by Gasteiger charge is -2.02. The molecule has 0 amide bonds. The number of hydrogen-bond acceptors (Lipinski definition) is 2. The maximum atomic E-state index is 14.6. The summed E-state index contributed by atoms with van der Waals surface area (Å²) in [7, 11) is 0. The molecule has 0 saturated carbocycles. The Hall–Kier alpha value is -2.59. The number of rotatable bonds is 12. The van der Waals surface area contributed by atoms with E-state index in [1.54, 1.807) is 6.07 Å². The second kappa shape index (κ2) is 17.0. The zero-order valence-corrected chi connectivity index (χ0v) is 23.7. The molecule has 0 N–H and O–H groups in total. The number of halogens is 1. The largest absolute Gasteiger partial charge is 0.206 e. The van der Waals surface area contributed by atoms with Gasteiger partial charge in [0, 0.05) is 26.5 Å². The molecule has 3 aromatic carbocycles. The number of unbranched alkanes of at least 4 members (excludes halogenated alkanes) is 6. The maximum Gasteiger partial charge on any atom is 0.140 e. The Morgan fingerprint density at radius 1 is 0.541 bits per heavy atom. The first-order valence-electron chi connectivity index (χ1n) is 13.5. The summed E-state index contributed by atoms with van der Waals surface area (Å²) in [5.74, 6) is 14.2. The third kappa shape index (κ3) is 11.1. The molecule has 0 aliphatic carbocycles. The van der Waals surface area contributed by atoms with Gasteiger partial charge in [-0.15, -0.1) is 23.5 Å². The van der Waals surface area contributed by atoms with Crippen LogP contribution in [0.25, 0.3) is 0 Å². The smallest absolute Gasteiger partial charge is 0.140 e. The van der Waals surface area contributed by atoms with Gasteiger partial charge in [-0.2, -0.15) is 0 Å². The lowest BCUT2D eigenvalue weighted by Crippen LogP contribution is -1.86. The van der Waals surface area contributed by atoms with E-state index >= 15 is 0 Å². The molecule has 0 heterocycles. The highest BCUT2D eigenvalue weighted by atomic mass is 32.2. The number of hydrogen-bond donors (Lipinski definition) is 0. The van der Waals surface area contributed by atoms with E-state index in [1.807, 2.05) is 53.9 Å². The maximum absolute atomic E-state index is 14.6. The molecule has 0 atom stereocenters. The minimum absolute atomic E-state index is 0.339. The standard InChI is InChI=1S/C34H37FS2/c1-3-5-7-9-25-36-32-21-15-28(16-22-32)11-12-30-14-20-31(34(35)27-30)19-13-29-17-23-33(24-18-29)37-26-10-8-6-4-2/h14-18,20-24,27H,3-10,25-26H2,1-2H3. The third-order valence-electron chi connectivity index (χ3n) is 5.90. The van der Waals surface area contributed by atoms with E-state index < -0.39 is 0 Å². The molecule has 0 nitrogen and oxygen atoms in total. The van der Waals surface area contributed by atoms with Gasteiger partial charge in [-0.25, -0.2) is 4.39 Å². The van der Waals surface area contributed by atoms with Crippen LogP contribution in [0, 0.1) is 29.5 Å². The van der Waals surface area contributed by atoms with Crippen molar-refractivity contribution in [3.8, 4) is 23.7 Å². The first kappa shape index (κ1) is 29.0. The van der Waals surface area contributed by atoms with Crippen molar-refractivity contribution in [3.05, 3.63) is 94.8 Å². The van der Waals surface area contributed by atoms with Gasteiger partial charge in [0.15, 0.2) is 0 Å². The second-order valence-corrected chi connectivity index (χ2v) is 11.4. The van der Waals surface area contributed by atoms with E-state index in [0.717, 1.165) is 22.6 Å². The lowest BCUT2D eigenvalue weighted by molar-refractivity contribution is 0.624. The molecule has 0 spiro atoms. The summed E-state index contributed by atoms with van der Waals surface area (Å²) in [5, 5.41) is 0. The Kier molecular flexibility index (Phi) is 13.3. The van der Waals surface area contributed by atoms with Crippen LogP contribution in [0.3, 0.4) is 0 Å². The van der Waals surface area contributed by atoms with Crippen molar-refractivity contribution in [1.29, 1.82) is 0 Å². The summed E-state index contributed by atoms with van der Waals surface area (Å²) < 4.78 is 14.6. The highest BCUT2D eigenvalue weighted by molar-refractivity contribution is 7.99. The predicted molar refractivity (Wildman–Crippen MR) is 161 cm³/mol. The summed E-state index contributed by atoms with van der Waals surface area (Å²) in [6, 6.07) is 21.5. The molecule has 0 fully saturated rings. The van der Waals surface area contributed by atoms with Crippen LogP contribution in [0.1, 0.15) is 87.5 Å². The minimum Gasteiger partial charge on any atom is -0.206 e. The van der Waals surface area contributed by atoms with Gasteiger partial charge in [-0.3, -0.25) is 0 Å². The molecule has 192 valence electrons. The zero-order valence-electron chi connectivity index (χ0n) is 22.1. The summed E-state index contributed by atoms with van der Waals surface area (Å²) in [5.41, 5.74) is 2.86. The van der Waals surface area contributed by atoms with Gasteiger partial charge in [0.2, 0.25) is 0 Å². The summed E-state index contributed by atoms with van der Waals surface area (Å²) in [4.78, 5) is 2.53. The SMILES string of the molecule is CCCCCCSc1ccc(C#Cc2ccc(C#Cc3ccc(SCCCCCC)cc3)c(F)c2)cc1. The van der Waals surface area contributed by atoms with Crippen LogP contribution < -0.4 is 0 Å². The molecule has 0 unspecified atom stereocenters. The van der Waals surface area contributed by atoms with E-state index in [9.17, 15) is 4.39 Å². The Morgan fingerprint density at radius 3 is 1.49 bits per heavy atom. The molecule has 0 aliphatic heterocycles. The van der Waals surface area contributed by atoms with Crippen molar-refractivity contribution >= 4 is 23.5 Å². The lowest BCUT2D eigenvalue weighted by atomic mass is 10.1. The fourth-order valence-electron chi connectivity index (χ4n) is 3.68. The van der Waals surface area contributed by atoms with Crippen LogP contribution in [-0.2, 0) is 0 Å². The fourth-order valence-corrected chi connectivity index (χ4v) is 5.51. The summed E-state index contributed by atoms with van der Waals surface area (Å²) in [6.07, 6.45) is 10.3. The molecule has 0 bridgehead atoms. The van der Waals surface area contributed by atoms with Crippen LogP contribution >= 0.6 is 23.5 Å². The second-order valence-electron chi connectivity index (χ2n) is 9.06. The van der Waals surface area contributed by atoms with Crippen LogP contribution in [0.5, 0.6) is 0 Å². The van der Waals surface area contributed by atoms with Gasteiger partial charge in [0.05, 0.1) is 5.56 Å². The highest BCUT2D eigenvalue weighted by Gasteiger charge is 2.01. The Labute approximate surface area is 232 Å².